The van der Waals surface area contributed by atoms with Crippen molar-refractivity contribution in [3.8, 4) is 11.5 Å². The molecule has 2 aromatic carbocycles. The molecule has 0 unspecified atom stereocenters. The Morgan fingerprint density at radius 1 is 1.20 bits per heavy atom. The van der Waals surface area contributed by atoms with Gasteiger partial charge in [0.25, 0.3) is 0 Å². The maximum atomic E-state index is 12.5. The smallest absolute Gasteiger partial charge is 0.337 e. The molecular weight excluding hydrogens is 344 g/mol. The third kappa shape index (κ3) is 3.57. The SMILES string of the molecule is COCC(=O)Oc1ccc2c(c1C)O/C(=C\c1ccc(Cl)cc1)C2=O. The lowest BCUT2D eigenvalue weighted by molar-refractivity contribution is -0.138. The lowest BCUT2D eigenvalue weighted by atomic mass is 10.1. The van der Waals surface area contributed by atoms with Crippen LogP contribution in [0.4, 0.5) is 0 Å². The van der Waals surface area contributed by atoms with Crippen LogP contribution < -0.4 is 9.47 Å². The summed E-state index contributed by atoms with van der Waals surface area (Å²) in [7, 11) is 1.41. The van der Waals surface area contributed by atoms with Gasteiger partial charge in [-0.25, -0.2) is 4.79 Å². The van der Waals surface area contributed by atoms with Crippen LogP contribution in [0.25, 0.3) is 6.08 Å². The molecule has 0 saturated carbocycles. The molecule has 0 saturated heterocycles. The van der Waals surface area contributed by atoms with Gasteiger partial charge in [-0.15, -0.1) is 0 Å². The number of hydrogen-bond donors (Lipinski definition) is 0. The number of rotatable bonds is 4. The Morgan fingerprint density at radius 2 is 1.92 bits per heavy atom. The van der Waals surface area contributed by atoms with Crippen LogP contribution in [0.5, 0.6) is 11.5 Å². The topological polar surface area (TPSA) is 61.8 Å². The van der Waals surface area contributed by atoms with E-state index in [2.05, 4.69) is 0 Å². The molecule has 1 heterocycles. The van der Waals surface area contributed by atoms with Crippen molar-refractivity contribution in [2.24, 2.45) is 0 Å². The zero-order valence-corrected chi connectivity index (χ0v) is 14.4. The summed E-state index contributed by atoms with van der Waals surface area (Å²) in [6.45, 7) is 1.57. The van der Waals surface area contributed by atoms with E-state index in [1.54, 1.807) is 49.4 Å². The molecule has 0 N–H and O–H groups in total. The first kappa shape index (κ1) is 17.2. The first-order chi connectivity index (χ1) is 12.0. The Kier molecular flexibility index (Phi) is 4.88. The number of allylic oxidation sites excluding steroid dienone is 1. The van der Waals surface area contributed by atoms with Crippen LogP contribution in [0.1, 0.15) is 21.5 Å². The van der Waals surface area contributed by atoms with E-state index < -0.39 is 5.97 Å². The molecule has 6 heteroatoms. The second-order valence-electron chi connectivity index (χ2n) is 5.46. The van der Waals surface area contributed by atoms with Crippen LogP contribution in [-0.4, -0.2) is 25.5 Å². The summed E-state index contributed by atoms with van der Waals surface area (Å²) in [6, 6.07) is 10.2. The Morgan fingerprint density at radius 3 is 2.60 bits per heavy atom. The van der Waals surface area contributed by atoms with E-state index >= 15 is 0 Å². The van der Waals surface area contributed by atoms with Gasteiger partial charge in [0, 0.05) is 17.7 Å². The molecule has 25 heavy (non-hydrogen) atoms. The van der Waals surface area contributed by atoms with Crippen LogP contribution in [-0.2, 0) is 9.53 Å². The van der Waals surface area contributed by atoms with Crippen molar-refractivity contribution in [3.63, 3.8) is 0 Å². The number of methoxy groups -OCH3 is 1. The number of carbonyl (C=O) groups is 2. The average Bonchev–Trinajstić information content (AvgIpc) is 2.90. The van der Waals surface area contributed by atoms with E-state index in [1.165, 1.54) is 7.11 Å². The van der Waals surface area contributed by atoms with Crippen molar-refractivity contribution < 1.29 is 23.8 Å². The molecule has 128 valence electrons. The van der Waals surface area contributed by atoms with Gasteiger partial charge >= 0.3 is 5.97 Å². The number of halogens is 1. The van der Waals surface area contributed by atoms with Gasteiger partial charge in [-0.2, -0.15) is 0 Å². The second-order valence-corrected chi connectivity index (χ2v) is 5.90. The third-order valence-electron chi connectivity index (χ3n) is 3.69. The highest BCUT2D eigenvalue weighted by atomic mass is 35.5. The molecule has 0 atom stereocenters. The summed E-state index contributed by atoms with van der Waals surface area (Å²) in [5.74, 6) is 0.199. The Labute approximate surface area is 149 Å². The Bertz CT molecular complexity index is 868. The van der Waals surface area contributed by atoms with Gasteiger partial charge in [0.2, 0.25) is 5.78 Å². The van der Waals surface area contributed by atoms with Crippen molar-refractivity contribution in [3.05, 3.63) is 63.9 Å². The van der Waals surface area contributed by atoms with Gasteiger partial charge in [0.1, 0.15) is 18.1 Å². The van der Waals surface area contributed by atoms with Crippen LogP contribution in [0.2, 0.25) is 5.02 Å². The number of Topliss-reactive ketones (excluding diaryl/α,β-unsaturated/α-hetero) is 1. The largest absolute Gasteiger partial charge is 0.452 e. The molecule has 0 radical (unpaired) electrons. The van der Waals surface area contributed by atoms with E-state index in [9.17, 15) is 9.59 Å². The second kappa shape index (κ2) is 7.09. The van der Waals surface area contributed by atoms with Gasteiger partial charge in [-0.05, 0) is 42.8 Å². The molecule has 2 aromatic rings. The van der Waals surface area contributed by atoms with Crippen molar-refractivity contribution in [1.29, 1.82) is 0 Å². The molecule has 1 aliphatic rings. The molecule has 0 spiro atoms. The molecule has 1 aliphatic heterocycles. The normalized spacial score (nSPS) is 14.4. The predicted molar refractivity (Wildman–Crippen MR) is 93.1 cm³/mol. The highest BCUT2D eigenvalue weighted by molar-refractivity contribution is 6.30. The minimum absolute atomic E-state index is 0.155. The van der Waals surface area contributed by atoms with E-state index in [0.717, 1.165) is 5.56 Å². The molecule has 0 fully saturated rings. The zero-order valence-electron chi connectivity index (χ0n) is 13.7. The molecule has 0 amide bonds. The lowest BCUT2D eigenvalue weighted by Crippen LogP contribution is -2.14. The van der Waals surface area contributed by atoms with Crippen LogP contribution in [0, 0.1) is 6.92 Å². The predicted octanol–water partition coefficient (Wildman–Crippen LogP) is 3.82. The number of ketones is 1. The zero-order chi connectivity index (χ0) is 18.0. The number of esters is 1. The third-order valence-corrected chi connectivity index (χ3v) is 3.94. The average molecular weight is 359 g/mol. The summed E-state index contributed by atoms with van der Waals surface area (Å²) in [5.41, 5.74) is 1.81. The highest BCUT2D eigenvalue weighted by Gasteiger charge is 2.30. The fourth-order valence-electron chi connectivity index (χ4n) is 2.46. The maximum absolute atomic E-state index is 12.5. The van der Waals surface area contributed by atoms with Gasteiger partial charge in [0.15, 0.2) is 5.76 Å². The van der Waals surface area contributed by atoms with Gasteiger partial charge in [0.05, 0.1) is 5.56 Å². The number of hydrogen-bond acceptors (Lipinski definition) is 5. The van der Waals surface area contributed by atoms with Crippen LogP contribution >= 0.6 is 11.6 Å². The van der Waals surface area contributed by atoms with Crippen molar-refractivity contribution in [1.82, 2.24) is 0 Å². The fourth-order valence-corrected chi connectivity index (χ4v) is 2.58. The summed E-state index contributed by atoms with van der Waals surface area (Å²) in [5, 5.41) is 0.613. The minimum atomic E-state index is -0.521. The van der Waals surface area contributed by atoms with Crippen molar-refractivity contribution >= 4 is 29.4 Å². The quantitative estimate of drug-likeness (QED) is 0.472. The standard InChI is InChI=1S/C19H15ClO5/c1-11-15(24-17(21)10-23-2)8-7-14-18(22)16(25-19(11)14)9-12-3-5-13(20)6-4-12/h3-9H,10H2,1-2H3/b16-9-. The summed E-state index contributed by atoms with van der Waals surface area (Å²) < 4.78 is 15.7. The molecule has 3 rings (SSSR count). The number of carbonyl (C=O) groups excluding carboxylic acids is 2. The monoisotopic (exact) mass is 358 g/mol. The molecule has 5 nitrogen and oxygen atoms in total. The van der Waals surface area contributed by atoms with Crippen LogP contribution in [0.15, 0.2) is 42.2 Å². The number of benzene rings is 2. The first-order valence-electron chi connectivity index (χ1n) is 7.52. The Balaban J connectivity index is 1.89. The van der Waals surface area contributed by atoms with Gasteiger partial charge < -0.3 is 14.2 Å². The van der Waals surface area contributed by atoms with Gasteiger partial charge in [-0.3, -0.25) is 4.79 Å². The fraction of sp³-hybridized carbons (Fsp3) is 0.158. The lowest BCUT2D eigenvalue weighted by Gasteiger charge is -2.09. The van der Waals surface area contributed by atoms with Crippen molar-refractivity contribution in [2.45, 2.75) is 6.92 Å². The summed E-state index contributed by atoms with van der Waals surface area (Å²) in [4.78, 5) is 24.1. The van der Waals surface area contributed by atoms with E-state index in [0.29, 0.717) is 27.6 Å². The number of fused-ring (bicyclic) bond motifs is 1. The molecular formula is C19H15ClO5. The van der Waals surface area contributed by atoms with Gasteiger partial charge in [-0.1, -0.05) is 23.7 Å². The minimum Gasteiger partial charge on any atom is -0.452 e. The van der Waals surface area contributed by atoms with Crippen molar-refractivity contribution in [2.75, 3.05) is 13.7 Å². The maximum Gasteiger partial charge on any atom is 0.337 e. The number of ether oxygens (including phenoxy) is 3. The highest BCUT2D eigenvalue weighted by Crippen LogP contribution is 2.39. The molecule has 0 aliphatic carbocycles. The Hall–Kier alpha value is -2.63. The molecule has 0 aromatic heterocycles. The summed E-state index contributed by atoms with van der Waals surface area (Å²) in [6.07, 6.45) is 1.65. The van der Waals surface area contributed by atoms with E-state index in [1.807, 2.05) is 0 Å². The van der Waals surface area contributed by atoms with Crippen LogP contribution in [0.3, 0.4) is 0 Å². The van der Waals surface area contributed by atoms with E-state index in [-0.39, 0.29) is 18.1 Å². The molecule has 0 bridgehead atoms. The van der Waals surface area contributed by atoms with E-state index in [4.69, 9.17) is 25.8 Å². The summed E-state index contributed by atoms with van der Waals surface area (Å²) >= 11 is 5.86. The first-order valence-corrected chi connectivity index (χ1v) is 7.90.